The van der Waals surface area contributed by atoms with Gasteiger partial charge in [0.1, 0.15) is 24.0 Å². The van der Waals surface area contributed by atoms with Crippen LogP contribution in [0, 0.1) is 6.92 Å². The van der Waals surface area contributed by atoms with Crippen LogP contribution < -0.4 is 10.1 Å². The molecule has 2 heterocycles. The Balaban J connectivity index is 1.55. The Hall–Kier alpha value is -2.50. The number of benzene rings is 2. The highest BCUT2D eigenvalue weighted by Gasteiger charge is 2.23. The molecule has 146 valence electrons. The van der Waals surface area contributed by atoms with Gasteiger partial charge in [-0.25, -0.2) is 4.79 Å². The Morgan fingerprint density at radius 2 is 2.00 bits per heavy atom. The average molecular weight is 400 g/mol. The summed E-state index contributed by atoms with van der Waals surface area (Å²) in [5.74, 6) is 0.458. The molecular formula is C22H22ClNO4. The van der Waals surface area contributed by atoms with Crippen molar-refractivity contribution in [3.05, 3.63) is 64.4 Å². The van der Waals surface area contributed by atoms with E-state index in [1.165, 1.54) is 0 Å². The minimum atomic E-state index is -0.499. The van der Waals surface area contributed by atoms with E-state index in [-0.39, 0.29) is 18.5 Å². The van der Waals surface area contributed by atoms with Crippen molar-refractivity contribution in [2.24, 2.45) is 0 Å². The zero-order valence-corrected chi connectivity index (χ0v) is 16.4. The van der Waals surface area contributed by atoms with Crippen molar-refractivity contribution in [1.29, 1.82) is 0 Å². The fraction of sp³-hybridized carbons (Fsp3) is 0.318. The molecule has 0 atom stereocenters. The zero-order chi connectivity index (χ0) is 19.5. The van der Waals surface area contributed by atoms with Gasteiger partial charge in [0, 0.05) is 10.6 Å². The monoisotopic (exact) mass is 399 g/mol. The van der Waals surface area contributed by atoms with Crippen LogP contribution in [0.1, 0.15) is 34.5 Å². The number of nitrogens with one attached hydrogen (secondary N) is 1. The summed E-state index contributed by atoms with van der Waals surface area (Å²) < 4.78 is 17.5. The van der Waals surface area contributed by atoms with E-state index < -0.39 is 5.97 Å². The molecule has 1 N–H and O–H groups in total. The van der Waals surface area contributed by atoms with Crippen LogP contribution in [0.2, 0.25) is 5.02 Å². The molecule has 1 fully saturated rings. The van der Waals surface area contributed by atoms with Crippen molar-refractivity contribution in [1.82, 2.24) is 5.32 Å². The molecule has 3 aromatic rings. The molecule has 0 bridgehead atoms. The summed E-state index contributed by atoms with van der Waals surface area (Å²) in [6, 6.07) is 12.9. The Morgan fingerprint density at radius 3 is 2.79 bits per heavy atom. The standard InChI is InChI=1S/C22H22ClNO4/c1-14-20-18(27-17-8-10-24-11-9-17)6-3-7-19(20)28-21(14)22(25)26-13-15-4-2-5-16(23)12-15/h2-7,12,17,24H,8-11,13H2,1H3. The van der Waals surface area contributed by atoms with E-state index >= 15 is 0 Å². The van der Waals surface area contributed by atoms with Crippen LogP contribution >= 0.6 is 11.6 Å². The summed E-state index contributed by atoms with van der Waals surface area (Å²) in [5, 5.41) is 4.77. The summed E-state index contributed by atoms with van der Waals surface area (Å²) in [6.45, 7) is 3.89. The number of aryl methyl sites for hydroxylation is 1. The van der Waals surface area contributed by atoms with Gasteiger partial charge in [0.15, 0.2) is 0 Å². The van der Waals surface area contributed by atoms with Crippen molar-refractivity contribution in [3.63, 3.8) is 0 Å². The molecular weight excluding hydrogens is 378 g/mol. The maximum absolute atomic E-state index is 12.6. The molecule has 0 amide bonds. The fourth-order valence-corrected chi connectivity index (χ4v) is 3.71. The van der Waals surface area contributed by atoms with Crippen LogP contribution in [0.25, 0.3) is 11.0 Å². The number of rotatable bonds is 5. The number of ether oxygens (including phenoxy) is 2. The molecule has 5 nitrogen and oxygen atoms in total. The number of halogens is 1. The molecule has 0 aliphatic carbocycles. The van der Waals surface area contributed by atoms with E-state index in [0.717, 1.165) is 48.2 Å². The first kappa shape index (κ1) is 18.8. The summed E-state index contributed by atoms with van der Waals surface area (Å²) in [5.41, 5.74) is 2.18. The van der Waals surface area contributed by atoms with Crippen molar-refractivity contribution in [2.75, 3.05) is 13.1 Å². The second-order valence-electron chi connectivity index (χ2n) is 6.96. The van der Waals surface area contributed by atoms with Crippen molar-refractivity contribution >= 4 is 28.5 Å². The molecule has 28 heavy (non-hydrogen) atoms. The van der Waals surface area contributed by atoms with Crippen molar-refractivity contribution in [3.8, 4) is 5.75 Å². The minimum Gasteiger partial charge on any atom is -0.490 e. The second-order valence-corrected chi connectivity index (χ2v) is 7.40. The van der Waals surface area contributed by atoms with Gasteiger partial charge in [0.05, 0.1) is 5.39 Å². The van der Waals surface area contributed by atoms with Gasteiger partial charge in [-0.1, -0.05) is 29.8 Å². The molecule has 6 heteroatoms. The number of hydrogen-bond donors (Lipinski definition) is 1. The Morgan fingerprint density at radius 1 is 1.21 bits per heavy atom. The largest absolute Gasteiger partial charge is 0.490 e. The molecule has 1 aromatic heterocycles. The number of hydrogen-bond acceptors (Lipinski definition) is 5. The Labute approximate surface area is 168 Å². The molecule has 2 aromatic carbocycles. The van der Waals surface area contributed by atoms with Crippen LogP contribution in [0.15, 0.2) is 46.9 Å². The molecule has 0 unspecified atom stereocenters. The lowest BCUT2D eigenvalue weighted by atomic mass is 10.1. The fourth-order valence-electron chi connectivity index (χ4n) is 3.49. The van der Waals surface area contributed by atoms with Gasteiger partial charge >= 0.3 is 5.97 Å². The number of piperidine rings is 1. The van der Waals surface area contributed by atoms with Gasteiger partial charge in [0.25, 0.3) is 0 Å². The third kappa shape index (κ3) is 4.01. The van der Waals surface area contributed by atoms with Gasteiger partial charge in [-0.15, -0.1) is 0 Å². The van der Waals surface area contributed by atoms with Crippen molar-refractivity contribution < 1.29 is 18.7 Å². The minimum absolute atomic E-state index is 0.133. The topological polar surface area (TPSA) is 60.7 Å². The summed E-state index contributed by atoms with van der Waals surface area (Å²) in [6.07, 6.45) is 2.09. The van der Waals surface area contributed by atoms with Gasteiger partial charge in [-0.05, 0) is 62.7 Å². The van der Waals surface area contributed by atoms with E-state index in [1.807, 2.05) is 37.3 Å². The molecule has 1 aliphatic rings. The van der Waals surface area contributed by atoms with E-state index in [2.05, 4.69) is 5.32 Å². The number of esters is 1. The van der Waals surface area contributed by atoms with Crippen LogP contribution in [0.4, 0.5) is 0 Å². The van der Waals surface area contributed by atoms with Crippen LogP contribution in [0.5, 0.6) is 5.75 Å². The number of fused-ring (bicyclic) bond motifs is 1. The quantitative estimate of drug-likeness (QED) is 0.619. The van der Waals surface area contributed by atoms with Crippen molar-refractivity contribution in [2.45, 2.75) is 32.5 Å². The Kier molecular flexibility index (Phi) is 5.55. The lowest BCUT2D eigenvalue weighted by Gasteiger charge is -2.24. The van der Waals surface area contributed by atoms with Gasteiger partial charge in [-0.2, -0.15) is 0 Å². The number of carbonyl (C=O) groups excluding carboxylic acids is 1. The van der Waals surface area contributed by atoms with Crippen LogP contribution in [0.3, 0.4) is 0 Å². The highest BCUT2D eigenvalue weighted by Crippen LogP contribution is 2.34. The summed E-state index contributed by atoms with van der Waals surface area (Å²) in [4.78, 5) is 12.6. The molecule has 0 saturated carbocycles. The first-order valence-corrected chi connectivity index (χ1v) is 9.80. The lowest BCUT2D eigenvalue weighted by molar-refractivity contribution is 0.0437. The predicted octanol–water partition coefficient (Wildman–Crippen LogP) is 4.88. The zero-order valence-electron chi connectivity index (χ0n) is 15.7. The normalized spacial score (nSPS) is 14.9. The maximum atomic E-state index is 12.6. The van der Waals surface area contributed by atoms with Gasteiger partial charge in [0.2, 0.25) is 5.76 Å². The van der Waals surface area contributed by atoms with Crippen LogP contribution in [-0.2, 0) is 11.3 Å². The molecule has 0 spiro atoms. The Bertz CT molecular complexity index is 991. The highest BCUT2D eigenvalue weighted by molar-refractivity contribution is 6.30. The van der Waals surface area contributed by atoms with E-state index in [1.54, 1.807) is 12.1 Å². The van der Waals surface area contributed by atoms with E-state index in [4.69, 9.17) is 25.5 Å². The first-order valence-electron chi connectivity index (χ1n) is 9.43. The molecule has 4 rings (SSSR count). The lowest BCUT2D eigenvalue weighted by Crippen LogP contribution is -2.34. The average Bonchev–Trinajstić information content (AvgIpc) is 3.05. The third-order valence-electron chi connectivity index (χ3n) is 4.94. The predicted molar refractivity (Wildman–Crippen MR) is 108 cm³/mol. The summed E-state index contributed by atoms with van der Waals surface area (Å²) in [7, 11) is 0. The van der Waals surface area contributed by atoms with E-state index in [9.17, 15) is 4.79 Å². The number of carbonyl (C=O) groups is 1. The smallest absolute Gasteiger partial charge is 0.374 e. The van der Waals surface area contributed by atoms with Crippen LogP contribution in [-0.4, -0.2) is 25.2 Å². The van der Waals surface area contributed by atoms with Gasteiger partial charge in [-0.3, -0.25) is 0 Å². The third-order valence-corrected chi connectivity index (χ3v) is 5.17. The highest BCUT2D eigenvalue weighted by atomic mass is 35.5. The molecule has 1 saturated heterocycles. The molecule has 1 aliphatic heterocycles. The number of furan rings is 1. The molecule has 0 radical (unpaired) electrons. The summed E-state index contributed by atoms with van der Waals surface area (Å²) >= 11 is 5.98. The SMILES string of the molecule is Cc1c(C(=O)OCc2cccc(Cl)c2)oc2cccc(OC3CCNCC3)c12. The van der Waals surface area contributed by atoms with E-state index in [0.29, 0.717) is 10.6 Å². The first-order chi connectivity index (χ1) is 13.6. The second kappa shape index (κ2) is 8.25. The van der Waals surface area contributed by atoms with Gasteiger partial charge < -0.3 is 19.2 Å². The maximum Gasteiger partial charge on any atom is 0.374 e.